The zero-order chi connectivity index (χ0) is 13.8. The Morgan fingerprint density at radius 2 is 2.05 bits per heavy atom. The highest BCUT2D eigenvalue weighted by atomic mass is 35.5. The van der Waals surface area contributed by atoms with Crippen molar-refractivity contribution in [3.8, 4) is 0 Å². The summed E-state index contributed by atoms with van der Waals surface area (Å²) in [6, 6.07) is 4.95. The molecule has 0 saturated carbocycles. The summed E-state index contributed by atoms with van der Waals surface area (Å²) >= 11 is 13.4. The van der Waals surface area contributed by atoms with Gasteiger partial charge in [0.05, 0.1) is 33.3 Å². The Hall–Kier alpha value is -0.430. The van der Waals surface area contributed by atoms with Crippen LogP contribution in [0.5, 0.6) is 0 Å². The predicted octanol–water partition coefficient (Wildman–Crippen LogP) is 2.65. The molecule has 1 aromatic carbocycles. The maximum atomic E-state index is 11.7. The molecule has 2 fully saturated rings. The lowest BCUT2D eigenvalue weighted by atomic mass is 10.2. The molecule has 1 aromatic rings. The van der Waals surface area contributed by atoms with Crippen LogP contribution in [0.4, 0.5) is 5.69 Å². The summed E-state index contributed by atoms with van der Waals surface area (Å²) in [5.41, 5.74) is 0.608. The van der Waals surface area contributed by atoms with Crippen LogP contribution in [0, 0.1) is 5.41 Å². The SMILES string of the molecule is N=C1S[C@H]2CS(=O)(=O)C[C@@H]2N1c1cccc(Cl)c1Cl. The summed E-state index contributed by atoms with van der Waals surface area (Å²) in [5.74, 6) is 0.190. The average molecular weight is 337 g/mol. The molecule has 4 nitrogen and oxygen atoms in total. The van der Waals surface area contributed by atoms with E-state index < -0.39 is 9.84 Å². The van der Waals surface area contributed by atoms with Crippen molar-refractivity contribution >= 4 is 55.7 Å². The van der Waals surface area contributed by atoms with E-state index in [0.29, 0.717) is 20.9 Å². The molecule has 2 aliphatic rings. The van der Waals surface area contributed by atoms with Crippen LogP contribution in [0.2, 0.25) is 10.0 Å². The van der Waals surface area contributed by atoms with Gasteiger partial charge in [-0.15, -0.1) is 0 Å². The summed E-state index contributed by atoms with van der Waals surface area (Å²) in [7, 11) is -3.03. The lowest BCUT2D eigenvalue weighted by molar-refractivity contribution is 0.601. The molecule has 102 valence electrons. The fourth-order valence-corrected chi connectivity index (χ4v) is 6.64. The molecular formula is C11H10Cl2N2O2S2. The Labute approximate surface area is 125 Å². The molecule has 0 aromatic heterocycles. The largest absolute Gasteiger partial charge is 0.315 e. The Morgan fingerprint density at radius 3 is 2.79 bits per heavy atom. The minimum absolute atomic E-state index is 0.0654. The van der Waals surface area contributed by atoms with Gasteiger partial charge >= 0.3 is 0 Å². The summed E-state index contributed by atoms with van der Waals surface area (Å²) < 4.78 is 23.4. The average Bonchev–Trinajstić information content (AvgIpc) is 2.73. The van der Waals surface area contributed by atoms with Crippen LogP contribution in [0.1, 0.15) is 0 Å². The molecule has 2 heterocycles. The minimum Gasteiger partial charge on any atom is -0.315 e. The zero-order valence-corrected chi connectivity index (χ0v) is 12.8. The van der Waals surface area contributed by atoms with Gasteiger partial charge in [0.1, 0.15) is 0 Å². The second-order valence-corrected chi connectivity index (χ2v) is 8.72. The molecule has 2 aliphatic heterocycles. The van der Waals surface area contributed by atoms with Crippen molar-refractivity contribution in [2.24, 2.45) is 0 Å². The van der Waals surface area contributed by atoms with Crippen LogP contribution in [0.25, 0.3) is 0 Å². The first-order valence-corrected chi connectivity index (χ1v) is 9.03. The van der Waals surface area contributed by atoms with Crippen molar-refractivity contribution in [1.29, 1.82) is 5.41 Å². The molecule has 0 amide bonds. The van der Waals surface area contributed by atoms with Crippen molar-refractivity contribution in [2.75, 3.05) is 16.4 Å². The van der Waals surface area contributed by atoms with Gasteiger partial charge < -0.3 is 4.90 Å². The van der Waals surface area contributed by atoms with Gasteiger partial charge in [0.25, 0.3) is 0 Å². The van der Waals surface area contributed by atoms with Gasteiger partial charge in [-0.25, -0.2) is 8.42 Å². The predicted molar refractivity (Wildman–Crippen MR) is 80.5 cm³/mol. The molecule has 2 saturated heterocycles. The third-order valence-corrected chi connectivity index (χ3v) is 7.22. The first-order valence-electron chi connectivity index (χ1n) is 5.58. The second-order valence-electron chi connectivity index (χ2n) is 4.55. The number of amidine groups is 1. The van der Waals surface area contributed by atoms with E-state index in [-0.39, 0.29) is 22.8 Å². The lowest BCUT2D eigenvalue weighted by Gasteiger charge is -2.25. The fourth-order valence-electron chi connectivity index (χ4n) is 2.47. The number of sulfone groups is 1. The Kier molecular flexibility index (Phi) is 3.24. The zero-order valence-electron chi connectivity index (χ0n) is 9.64. The Morgan fingerprint density at radius 1 is 1.32 bits per heavy atom. The monoisotopic (exact) mass is 336 g/mol. The summed E-state index contributed by atoms with van der Waals surface area (Å²) in [4.78, 5) is 1.69. The molecule has 0 spiro atoms. The number of thioether (sulfide) groups is 1. The molecule has 0 bridgehead atoms. The maximum absolute atomic E-state index is 11.7. The van der Waals surface area contributed by atoms with Gasteiger partial charge in [-0.1, -0.05) is 41.0 Å². The molecule has 2 atom stereocenters. The molecule has 1 N–H and O–H groups in total. The molecule has 3 rings (SSSR count). The third kappa shape index (κ3) is 2.24. The number of halogens is 2. The van der Waals surface area contributed by atoms with E-state index in [1.165, 1.54) is 11.8 Å². The van der Waals surface area contributed by atoms with Crippen molar-refractivity contribution in [2.45, 2.75) is 11.3 Å². The van der Waals surface area contributed by atoms with E-state index in [1.54, 1.807) is 23.1 Å². The van der Waals surface area contributed by atoms with E-state index in [9.17, 15) is 8.42 Å². The smallest absolute Gasteiger partial charge is 0.161 e. The topological polar surface area (TPSA) is 61.2 Å². The van der Waals surface area contributed by atoms with Crippen molar-refractivity contribution in [3.05, 3.63) is 28.2 Å². The van der Waals surface area contributed by atoms with Gasteiger partial charge in [-0.3, -0.25) is 5.41 Å². The number of rotatable bonds is 1. The Bertz CT molecular complexity index is 663. The van der Waals surface area contributed by atoms with Gasteiger partial charge in [0.15, 0.2) is 15.0 Å². The highest BCUT2D eigenvalue weighted by molar-refractivity contribution is 8.15. The number of nitrogens with zero attached hydrogens (tertiary/aromatic N) is 1. The highest BCUT2D eigenvalue weighted by Crippen LogP contribution is 2.43. The number of benzene rings is 1. The van der Waals surface area contributed by atoms with Crippen LogP contribution >= 0.6 is 35.0 Å². The summed E-state index contributed by atoms with van der Waals surface area (Å²) in [6.45, 7) is 0. The van der Waals surface area contributed by atoms with E-state index >= 15 is 0 Å². The number of fused-ring (bicyclic) bond motifs is 1. The van der Waals surface area contributed by atoms with E-state index in [1.807, 2.05) is 0 Å². The third-order valence-electron chi connectivity index (χ3n) is 3.28. The van der Waals surface area contributed by atoms with Crippen molar-refractivity contribution in [3.63, 3.8) is 0 Å². The second kappa shape index (κ2) is 4.55. The minimum atomic E-state index is -3.03. The van der Waals surface area contributed by atoms with Crippen molar-refractivity contribution in [1.82, 2.24) is 0 Å². The quantitative estimate of drug-likeness (QED) is 0.856. The summed E-state index contributed by atoms with van der Waals surface area (Å²) in [5, 5.41) is 9.03. The van der Waals surface area contributed by atoms with Gasteiger partial charge in [0, 0.05) is 5.25 Å². The number of hydrogen-bond donors (Lipinski definition) is 1. The van der Waals surface area contributed by atoms with Gasteiger partial charge in [0.2, 0.25) is 0 Å². The number of hydrogen-bond acceptors (Lipinski definition) is 4. The van der Waals surface area contributed by atoms with E-state index in [4.69, 9.17) is 28.6 Å². The first-order chi connectivity index (χ1) is 8.89. The normalized spacial score (nSPS) is 28.7. The molecule has 0 aliphatic carbocycles. The lowest BCUT2D eigenvalue weighted by Crippen LogP contribution is -2.37. The standard InChI is InChI=1S/C11H10Cl2N2O2S2/c12-6-2-1-3-7(10(6)13)15-8-4-19(16,17)5-9(8)18-11(15)14/h1-3,8-9,14H,4-5H2/t8-,9-/m0/s1. The van der Waals surface area contributed by atoms with Crippen LogP contribution < -0.4 is 4.90 Å². The molecule has 8 heteroatoms. The molecular weight excluding hydrogens is 327 g/mol. The van der Waals surface area contributed by atoms with Gasteiger partial charge in [-0.05, 0) is 12.1 Å². The molecule has 0 radical (unpaired) electrons. The van der Waals surface area contributed by atoms with Crippen LogP contribution in [0.15, 0.2) is 18.2 Å². The molecule has 19 heavy (non-hydrogen) atoms. The van der Waals surface area contributed by atoms with Crippen LogP contribution in [-0.2, 0) is 9.84 Å². The number of nitrogens with one attached hydrogen (secondary N) is 1. The fraction of sp³-hybridized carbons (Fsp3) is 0.364. The van der Waals surface area contributed by atoms with Crippen LogP contribution in [-0.4, -0.2) is 36.4 Å². The van der Waals surface area contributed by atoms with Crippen LogP contribution in [0.3, 0.4) is 0 Å². The maximum Gasteiger partial charge on any atom is 0.161 e. The van der Waals surface area contributed by atoms with Gasteiger partial charge in [-0.2, -0.15) is 0 Å². The number of anilines is 1. The van der Waals surface area contributed by atoms with E-state index in [2.05, 4.69) is 0 Å². The van der Waals surface area contributed by atoms with E-state index in [0.717, 1.165) is 0 Å². The molecule has 0 unspecified atom stereocenters. The highest BCUT2D eigenvalue weighted by Gasteiger charge is 2.49. The summed E-state index contributed by atoms with van der Waals surface area (Å²) in [6.07, 6.45) is 0. The van der Waals surface area contributed by atoms with Crippen molar-refractivity contribution < 1.29 is 8.42 Å². The first kappa shape index (κ1) is 13.5. The Balaban J connectivity index is 2.05.